The fourth-order valence-electron chi connectivity index (χ4n) is 2.77. The number of hydrogen-bond acceptors (Lipinski definition) is 1. The Bertz CT molecular complexity index is 458. The van der Waals surface area contributed by atoms with Crippen molar-refractivity contribution in [3.05, 3.63) is 54.6 Å². The average molecular weight is 226 g/mol. The molecule has 1 aliphatic carbocycles. The van der Waals surface area contributed by atoms with E-state index < -0.39 is 0 Å². The molecule has 0 heterocycles. The molecule has 1 aromatic rings. The molecule has 0 aromatic heterocycles. The first-order chi connectivity index (χ1) is 8.22. The Labute approximate surface area is 103 Å². The molecule has 0 amide bonds. The predicted molar refractivity (Wildman–Crippen MR) is 71.9 cm³/mol. The highest BCUT2D eigenvalue weighted by Gasteiger charge is 2.35. The number of Topliss-reactive ketones (excluding diaryl/α,β-unsaturated/α-hetero) is 1. The van der Waals surface area contributed by atoms with Crippen LogP contribution >= 0.6 is 0 Å². The number of rotatable bonds is 3. The van der Waals surface area contributed by atoms with Crippen molar-refractivity contribution in [1.29, 1.82) is 0 Å². The Morgan fingerprint density at radius 3 is 2.65 bits per heavy atom. The molecular weight excluding hydrogens is 208 g/mol. The molecule has 88 valence electrons. The van der Waals surface area contributed by atoms with Gasteiger partial charge in [-0.15, -0.1) is 6.58 Å². The minimum atomic E-state index is -0.180. The Morgan fingerprint density at radius 2 is 2.00 bits per heavy atom. The van der Waals surface area contributed by atoms with Crippen molar-refractivity contribution in [3.63, 3.8) is 0 Å². The number of carbonyl (C=O) groups excluding carboxylic acids is 1. The second-order valence-corrected chi connectivity index (χ2v) is 4.72. The summed E-state index contributed by atoms with van der Waals surface area (Å²) in [5.41, 5.74) is 2.13. The lowest BCUT2D eigenvalue weighted by Crippen LogP contribution is -2.31. The van der Waals surface area contributed by atoms with Gasteiger partial charge >= 0.3 is 0 Å². The molecule has 0 bridgehead atoms. The molecule has 0 N–H and O–H groups in total. The van der Waals surface area contributed by atoms with Gasteiger partial charge in [-0.3, -0.25) is 4.79 Å². The lowest BCUT2D eigenvalue weighted by molar-refractivity contribution is -0.121. The summed E-state index contributed by atoms with van der Waals surface area (Å²) in [6.07, 6.45) is 7.07. The van der Waals surface area contributed by atoms with Crippen molar-refractivity contribution in [1.82, 2.24) is 0 Å². The molecule has 0 spiro atoms. The van der Waals surface area contributed by atoms with Crippen LogP contribution < -0.4 is 0 Å². The van der Waals surface area contributed by atoms with E-state index in [-0.39, 0.29) is 5.41 Å². The highest BCUT2D eigenvalue weighted by molar-refractivity contribution is 5.82. The van der Waals surface area contributed by atoms with Crippen molar-refractivity contribution in [3.8, 4) is 0 Å². The van der Waals surface area contributed by atoms with Crippen LogP contribution in [0, 0.1) is 0 Å². The second kappa shape index (κ2) is 4.70. The molecule has 2 rings (SSSR count). The van der Waals surface area contributed by atoms with Gasteiger partial charge in [0.05, 0.1) is 0 Å². The first-order valence-electron chi connectivity index (χ1n) is 6.09. The quantitative estimate of drug-likeness (QED) is 0.714. The maximum atomic E-state index is 11.7. The molecule has 1 aromatic carbocycles. The van der Waals surface area contributed by atoms with Gasteiger partial charge in [0.15, 0.2) is 0 Å². The molecular formula is C16H18O. The third-order valence-electron chi connectivity index (χ3n) is 3.70. The number of benzene rings is 1. The van der Waals surface area contributed by atoms with Crippen LogP contribution in [0.25, 0.3) is 6.08 Å². The maximum absolute atomic E-state index is 11.7. The van der Waals surface area contributed by atoms with Crippen molar-refractivity contribution >= 4 is 11.9 Å². The zero-order valence-electron chi connectivity index (χ0n) is 10.1. The van der Waals surface area contributed by atoms with Crippen LogP contribution in [0.5, 0.6) is 0 Å². The van der Waals surface area contributed by atoms with Crippen LogP contribution in [-0.4, -0.2) is 5.78 Å². The molecule has 1 unspecified atom stereocenters. The number of allylic oxidation sites excluding steroid dienone is 1. The third-order valence-corrected chi connectivity index (χ3v) is 3.70. The SMILES string of the molecule is C=Cc1ccccc1C1(C=C)CCCC(=O)C1. The van der Waals surface area contributed by atoms with E-state index in [0.29, 0.717) is 18.6 Å². The first kappa shape index (κ1) is 11.8. The van der Waals surface area contributed by atoms with Crippen LogP contribution in [0.1, 0.15) is 36.8 Å². The maximum Gasteiger partial charge on any atom is 0.134 e. The molecule has 0 aliphatic heterocycles. The molecule has 1 heteroatoms. The van der Waals surface area contributed by atoms with Gasteiger partial charge in [0.2, 0.25) is 0 Å². The van der Waals surface area contributed by atoms with Gasteiger partial charge in [0.1, 0.15) is 5.78 Å². The van der Waals surface area contributed by atoms with E-state index in [0.717, 1.165) is 18.4 Å². The Kier molecular flexibility index (Phi) is 3.28. The van der Waals surface area contributed by atoms with Gasteiger partial charge in [-0.2, -0.15) is 0 Å². The van der Waals surface area contributed by atoms with E-state index in [1.54, 1.807) is 0 Å². The average Bonchev–Trinajstić information content (AvgIpc) is 2.38. The molecule has 17 heavy (non-hydrogen) atoms. The summed E-state index contributed by atoms with van der Waals surface area (Å²) in [5, 5.41) is 0. The van der Waals surface area contributed by atoms with Gasteiger partial charge in [-0.25, -0.2) is 0 Å². The van der Waals surface area contributed by atoms with Crippen molar-refractivity contribution in [2.45, 2.75) is 31.1 Å². The largest absolute Gasteiger partial charge is 0.300 e. The van der Waals surface area contributed by atoms with Gasteiger partial charge in [0.25, 0.3) is 0 Å². The molecule has 0 radical (unpaired) electrons. The summed E-state index contributed by atoms with van der Waals surface area (Å²) in [5.74, 6) is 0.343. The summed E-state index contributed by atoms with van der Waals surface area (Å²) in [6.45, 7) is 7.81. The highest BCUT2D eigenvalue weighted by atomic mass is 16.1. The smallest absolute Gasteiger partial charge is 0.134 e. The van der Waals surface area contributed by atoms with Gasteiger partial charge in [-0.05, 0) is 24.0 Å². The normalized spacial score (nSPS) is 24.4. The van der Waals surface area contributed by atoms with Gasteiger partial charge in [0, 0.05) is 18.3 Å². The molecule has 1 saturated carbocycles. The number of carbonyl (C=O) groups is 1. The van der Waals surface area contributed by atoms with Crippen LogP contribution in [0.3, 0.4) is 0 Å². The number of ketones is 1. The summed E-state index contributed by atoms with van der Waals surface area (Å²) in [6, 6.07) is 8.17. The molecule has 1 aliphatic rings. The summed E-state index contributed by atoms with van der Waals surface area (Å²) in [7, 11) is 0. The molecule has 0 saturated heterocycles. The monoisotopic (exact) mass is 226 g/mol. The first-order valence-corrected chi connectivity index (χ1v) is 6.09. The zero-order valence-corrected chi connectivity index (χ0v) is 10.1. The van der Waals surface area contributed by atoms with Crippen LogP contribution in [-0.2, 0) is 10.2 Å². The van der Waals surface area contributed by atoms with Crippen molar-refractivity contribution < 1.29 is 4.79 Å². The Balaban J connectivity index is 2.50. The zero-order chi connectivity index (χ0) is 12.3. The minimum absolute atomic E-state index is 0.180. The minimum Gasteiger partial charge on any atom is -0.300 e. The van der Waals surface area contributed by atoms with E-state index in [1.165, 1.54) is 5.56 Å². The standard InChI is InChI=1S/C16H18O/c1-3-13-8-5-6-10-15(13)16(4-2)11-7-9-14(17)12-16/h3-6,8,10H,1-2,7,9,11-12H2. The van der Waals surface area contributed by atoms with E-state index >= 15 is 0 Å². The summed E-state index contributed by atoms with van der Waals surface area (Å²) < 4.78 is 0. The second-order valence-electron chi connectivity index (χ2n) is 4.72. The van der Waals surface area contributed by atoms with Crippen LogP contribution in [0.15, 0.2) is 43.5 Å². The Hall–Kier alpha value is -1.63. The van der Waals surface area contributed by atoms with Crippen LogP contribution in [0.2, 0.25) is 0 Å². The molecule has 1 nitrogen and oxygen atoms in total. The Morgan fingerprint density at radius 1 is 1.24 bits per heavy atom. The topological polar surface area (TPSA) is 17.1 Å². The molecule has 1 fully saturated rings. The van der Waals surface area contributed by atoms with E-state index in [4.69, 9.17) is 0 Å². The number of hydrogen-bond donors (Lipinski definition) is 0. The van der Waals surface area contributed by atoms with E-state index in [1.807, 2.05) is 30.4 Å². The van der Waals surface area contributed by atoms with Crippen molar-refractivity contribution in [2.24, 2.45) is 0 Å². The predicted octanol–water partition coefficient (Wildman–Crippen LogP) is 3.90. The van der Waals surface area contributed by atoms with Gasteiger partial charge < -0.3 is 0 Å². The summed E-state index contributed by atoms with van der Waals surface area (Å²) >= 11 is 0. The fourth-order valence-corrected chi connectivity index (χ4v) is 2.77. The van der Waals surface area contributed by atoms with Gasteiger partial charge in [-0.1, -0.05) is 43.0 Å². The summed E-state index contributed by atoms with van der Waals surface area (Å²) in [4.78, 5) is 11.7. The van der Waals surface area contributed by atoms with E-state index in [2.05, 4.69) is 19.2 Å². The van der Waals surface area contributed by atoms with Crippen LogP contribution in [0.4, 0.5) is 0 Å². The highest BCUT2D eigenvalue weighted by Crippen LogP contribution is 2.40. The molecule has 1 atom stereocenters. The lowest BCUT2D eigenvalue weighted by Gasteiger charge is -2.35. The third kappa shape index (κ3) is 2.10. The lowest BCUT2D eigenvalue weighted by atomic mass is 9.68. The van der Waals surface area contributed by atoms with E-state index in [9.17, 15) is 4.79 Å². The van der Waals surface area contributed by atoms with Crippen molar-refractivity contribution in [2.75, 3.05) is 0 Å². The fraction of sp³-hybridized carbons (Fsp3) is 0.312.